The van der Waals surface area contributed by atoms with E-state index in [2.05, 4.69) is 38.1 Å². The van der Waals surface area contributed by atoms with Crippen molar-refractivity contribution in [2.24, 2.45) is 0 Å². The third-order valence-corrected chi connectivity index (χ3v) is 5.60. The summed E-state index contributed by atoms with van der Waals surface area (Å²) in [6, 6.07) is 14.4. The van der Waals surface area contributed by atoms with E-state index in [-0.39, 0.29) is 5.91 Å². The first-order valence-corrected chi connectivity index (χ1v) is 9.54. The van der Waals surface area contributed by atoms with Gasteiger partial charge in [-0.05, 0) is 54.2 Å². The lowest BCUT2D eigenvalue weighted by Gasteiger charge is -2.17. The Morgan fingerprint density at radius 3 is 2.40 bits per heavy atom. The summed E-state index contributed by atoms with van der Waals surface area (Å²) < 4.78 is 0.587. The smallest absolute Gasteiger partial charge is 0.268 e. The van der Waals surface area contributed by atoms with Gasteiger partial charge in [-0.1, -0.05) is 74.2 Å². The maximum Gasteiger partial charge on any atom is 0.270 e. The number of amides is 1. The Labute approximate surface area is 158 Å². The highest BCUT2D eigenvalue weighted by Crippen LogP contribution is 2.37. The molecular formula is C21H21NOS2. The molecule has 0 atom stereocenters. The Bertz CT molecular complexity index is 866. The van der Waals surface area contributed by atoms with Crippen LogP contribution in [0.3, 0.4) is 0 Å². The van der Waals surface area contributed by atoms with E-state index in [0.29, 0.717) is 15.1 Å². The van der Waals surface area contributed by atoms with Crippen LogP contribution >= 0.6 is 24.0 Å². The lowest BCUT2D eigenvalue weighted by atomic mass is 10.0. The summed E-state index contributed by atoms with van der Waals surface area (Å²) in [5, 5.41) is 0. The van der Waals surface area contributed by atoms with Crippen molar-refractivity contribution in [2.75, 3.05) is 4.90 Å². The number of carbonyl (C=O) groups excluding carboxylic acids is 1. The largest absolute Gasteiger partial charge is 0.270 e. The van der Waals surface area contributed by atoms with Crippen molar-refractivity contribution in [1.82, 2.24) is 0 Å². The number of thiocarbonyl (C=S) groups is 1. The van der Waals surface area contributed by atoms with Crippen LogP contribution in [-0.4, -0.2) is 10.2 Å². The molecule has 1 amide bonds. The van der Waals surface area contributed by atoms with Gasteiger partial charge in [0.05, 0.1) is 10.6 Å². The third-order valence-electron chi connectivity index (χ3n) is 4.30. The molecule has 0 aliphatic carbocycles. The zero-order chi connectivity index (χ0) is 18.1. The molecule has 1 heterocycles. The average molecular weight is 368 g/mol. The van der Waals surface area contributed by atoms with E-state index < -0.39 is 0 Å². The van der Waals surface area contributed by atoms with Gasteiger partial charge in [-0.15, -0.1) is 0 Å². The molecule has 2 aromatic rings. The molecule has 25 heavy (non-hydrogen) atoms. The fraction of sp³-hybridized carbons (Fsp3) is 0.238. The summed E-state index contributed by atoms with van der Waals surface area (Å²) in [4.78, 5) is 15.2. The normalized spacial score (nSPS) is 16.4. The van der Waals surface area contributed by atoms with Gasteiger partial charge < -0.3 is 0 Å². The predicted octanol–water partition coefficient (Wildman–Crippen LogP) is 5.83. The first-order valence-electron chi connectivity index (χ1n) is 8.32. The molecule has 128 valence electrons. The highest BCUT2D eigenvalue weighted by Gasteiger charge is 2.34. The lowest BCUT2D eigenvalue weighted by Crippen LogP contribution is -2.28. The molecule has 0 bridgehead atoms. The van der Waals surface area contributed by atoms with Crippen LogP contribution in [0.2, 0.25) is 0 Å². The van der Waals surface area contributed by atoms with Gasteiger partial charge >= 0.3 is 0 Å². The second kappa shape index (κ2) is 7.14. The van der Waals surface area contributed by atoms with Crippen LogP contribution in [0, 0.1) is 13.8 Å². The van der Waals surface area contributed by atoms with Gasteiger partial charge in [-0.25, -0.2) is 0 Å². The van der Waals surface area contributed by atoms with Crippen LogP contribution in [0.15, 0.2) is 47.4 Å². The number of hydrogen-bond donors (Lipinski definition) is 0. The Hall–Kier alpha value is -1.91. The van der Waals surface area contributed by atoms with Crippen LogP contribution in [-0.2, 0) is 4.79 Å². The van der Waals surface area contributed by atoms with Crippen LogP contribution in [0.5, 0.6) is 0 Å². The van der Waals surface area contributed by atoms with E-state index >= 15 is 0 Å². The molecule has 2 nitrogen and oxygen atoms in total. The zero-order valence-electron chi connectivity index (χ0n) is 14.9. The fourth-order valence-electron chi connectivity index (χ4n) is 2.76. The molecular weight excluding hydrogens is 346 g/mol. The number of nitrogens with zero attached hydrogens (tertiary/aromatic N) is 1. The van der Waals surface area contributed by atoms with E-state index in [9.17, 15) is 4.79 Å². The number of benzene rings is 2. The van der Waals surface area contributed by atoms with Crippen molar-refractivity contribution in [3.05, 3.63) is 69.6 Å². The monoisotopic (exact) mass is 367 g/mol. The summed E-state index contributed by atoms with van der Waals surface area (Å²) in [6.07, 6.45) is 1.93. The van der Waals surface area contributed by atoms with Gasteiger partial charge in [0, 0.05) is 0 Å². The van der Waals surface area contributed by atoms with Crippen molar-refractivity contribution in [1.29, 1.82) is 0 Å². The Balaban J connectivity index is 1.91. The van der Waals surface area contributed by atoms with Gasteiger partial charge in [0.1, 0.15) is 0 Å². The summed E-state index contributed by atoms with van der Waals surface area (Å²) in [7, 11) is 0. The summed E-state index contributed by atoms with van der Waals surface area (Å²) in [6.45, 7) is 8.36. The van der Waals surface area contributed by atoms with Gasteiger partial charge in [0.15, 0.2) is 4.32 Å². The summed E-state index contributed by atoms with van der Waals surface area (Å²) in [5.74, 6) is 0.452. The highest BCUT2D eigenvalue weighted by atomic mass is 32.2. The van der Waals surface area contributed by atoms with Crippen molar-refractivity contribution < 1.29 is 4.79 Å². The molecule has 1 aliphatic rings. The number of anilines is 1. The van der Waals surface area contributed by atoms with Crippen molar-refractivity contribution >= 4 is 46.0 Å². The topological polar surface area (TPSA) is 20.3 Å². The van der Waals surface area contributed by atoms with Crippen molar-refractivity contribution in [3.63, 3.8) is 0 Å². The number of carbonyl (C=O) groups is 1. The average Bonchev–Trinajstić information content (AvgIpc) is 2.84. The Morgan fingerprint density at radius 2 is 1.76 bits per heavy atom. The molecule has 0 saturated carbocycles. The Kier molecular flexibility index (Phi) is 5.11. The fourth-order valence-corrected chi connectivity index (χ4v) is 4.05. The second-order valence-corrected chi connectivity index (χ2v) is 8.30. The third kappa shape index (κ3) is 3.70. The Morgan fingerprint density at radius 1 is 1.08 bits per heavy atom. The molecule has 1 aliphatic heterocycles. The minimum atomic E-state index is -0.0448. The molecule has 2 aromatic carbocycles. The van der Waals surface area contributed by atoms with Crippen LogP contribution in [0.1, 0.15) is 42.0 Å². The number of hydrogen-bond acceptors (Lipinski definition) is 3. The first kappa shape index (κ1) is 17.9. The van der Waals surface area contributed by atoms with E-state index in [1.54, 1.807) is 4.90 Å². The van der Waals surface area contributed by atoms with Gasteiger partial charge in [0.25, 0.3) is 5.91 Å². The molecule has 3 rings (SSSR count). The molecule has 1 fully saturated rings. The lowest BCUT2D eigenvalue weighted by molar-refractivity contribution is -0.113. The van der Waals surface area contributed by atoms with Gasteiger partial charge in [-0.3, -0.25) is 9.69 Å². The van der Waals surface area contributed by atoms with E-state index in [1.807, 2.05) is 38.1 Å². The zero-order valence-corrected chi connectivity index (χ0v) is 16.5. The number of rotatable bonds is 3. The standard InChI is InChI=1S/C21H21NOS2/c1-13(2)17-9-7-16(8-10-17)12-19-20(23)22(21(24)25-19)18-11-14(3)5-6-15(18)4/h5-13H,1-4H3. The number of thioether (sulfide) groups is 1. The van der Waals surface area contributed by atoms with Gasteiger partial charge in [0.2, 0.25) is 0 Å². The number of aryl methyl sites for hydroxylation is 2. The molecule has 0 N–H and O–H groups in total. The molecule has 4 heteroatoms. The maximum absolute atomic E-state index is 12.9. The molecule has 0 radical (unpaired) electrons. The van der Waals surface area contributed by atoms with E-state index in [0.717, 1.165) is 22.4 Å². The molecule has 0 unspecified atom stereocenters. The van der Waals surface area contributed by atoms with Crippen LogP contribution in [0.25, 0.3) is 6.08 Å². The van der Waals surface area contributed by atoms with Crippen molar-refractivity contribution in [2.45, 2.75) is 33.6 Å². The first-order chi connectivity index (χ1) is 11.9. The van der Waals surface area contributed by atoms with Crippen LogP contribution in [0.4, 0.5) is 5.69 Å². The van der Waals surface area contributed by atoms with E-state index in [4.69, 9.17) is 12.2 Å². The second-order valence-electron chi connectivity index (χ2n) is 6.63. The quantitative estimate of drug-likeness (QED) is 0.503. The minimum Gasteiger partial charge on any atom is -0.268 e. The predicted molar refractivity (Wildman–Crippen MR) is 112 cm³/mol. The molecule has 0 spiro atoms. The highest BCUT2D eigenvalue weighted by molar-refractivity contribution is 8.27. The minimum absolute atomic E-state index is 0.0448. The summed E-state index contributed by atoms with van der Waals surface area (Å²) in [5.41, 5.74) is 5.35. The molecule has 1 saturated heterocycles. The van der Waals surface area contributed by atoms with Gasteiger partial charge in [-0.2, -0.15) is 0 Å². The summed E-state index contributed by atoms with van der Waals surface area (Å²) >= 11 is 6.84. The maximum atomic E-state index is 12.9. The van der Waals surface area contributed by atoms with Crippen LogP contribution < -0.4 is 4.90 Å². The molecule has 0 aromatic heterocycles. The van der Waals surface area contributed by atoms with E-state index in [1.165, 1.54) is 17.3 Å². The van der Waals surface area contributed by atoms with Crippen molar-refractivity contribution in [3.8, 4) is 0 Å². The SMILES string of the molecule is Cc1ccc(C)c(N2C(=O)C(=Cc3ccc(C(C)C)cc3)SC2=S)c1.